The molecule has 1 rings (SSSR count). The van der Waals surface area contributed by atoms with Crippen LogP contribution in [0, 0.1) is 0 Å². The van der Waals surface area contributed by atoms with E-state index in [1.807, 2.05) is 36.4 Å². The first-order valence-corrected chi connectivity index (χ1v) is 5.11. The number of hydrogen-bond donors (Lipinski definition) is 1. The van der Waals surface area contributed by atoms with Crippen molar-refractivity contribution in [2.75, 3.05) is 7.11 Å². The molecule has 0 saturated carbocycles. The molecule has 88 valence electrons. The number of methoxy groups -OCH3 is 1. The summed E-state index contributed by atoms with van der Waals surface area (Å²) >= 11 is 0. The Hall–Kier alpha value is -2.29. The molecule has 0 atom stereocenters. The van der Waals surface area contributed by atoms with Crippen molar-refractivity contribution in [1.82, 2.24) is 0 Å². The molecule has 0 fully saturated rings. The van der Waals surface area contributed by atoms with Crippen molar-refractivity contribution in [2.24, 2.45) is 0 Å². The SMILES string of the molecule is COc1ccc(/C=C/C=C/C=C/C(=O)O)cc1. The lowest BCUT2D eigenvalue weighted by Gasteiger charge is -1.98. The van der Waals surface area contributed by atoms with E-state index in [2.05, 4.69) is 0 Å². The second-order valence-electron chi connectivity index (χ2n) is 3.21. The van der Waals surface area contributed by atoms with E-state index in [-0.39, 0.29) is 0 Å². The average Bonchev–Trinajstić information content (AvgIpc) is 2.34. The minimum Gasteiger partial charge on any atom is -0.497 e. The Balaban J connectivity index is 2.50. The summed E-state index contributed by atoms with van der Waals surface area (Å²) in [5, 5.41) is 8.35. The number of ether oxygens (including phenoxy) is 1. The van der Waals surface area contributed by atoms with Crippen LogP contribution in [0.5, 0.6) is 5.75 Å². The number of carbonyl (C=O) groups is 1. The van der Waals surface area contributed by atoms with Crippen LogP contribution in [-0.4, -0.2) is 18.2 Å². The molecular formula is C14H14O3. The molecule has 1 aromatic rings. The first kappa shape index (κ1) is 12.8. The van der Waals surface area contributed by atoms with Gasteiger partial charge >= 0.3 is 5.97 Å². The number of aliphatic carboxylic acids is 1. The predicted molar refractivity (Wildman–Crippen MR) is 67.9 cm³/mol. The molecule has 0 bridgehead atoms. The second kappa shape index (κ2) is 7.06. The molecule has 0 aliphatic heterocycles. The second-order valence-corrected chi connectivity index (χ2v) is 3.21. The van der Waals surface area contributed by atoms with Gasteiger partial charge in [0.05, 0.1) is 7.11 Å². The van der Waals surface area contributed by atoms with Crippen LogP contribution in [0.4, 0.5) is 0 Å². The zero-order chi connectivity index (χ0) is 12.5. The minimum atomic E-state index is -0.950. The third kappa shape index (κ3) is 5.37. The van der Waals surface area contributed by atoms with Gasteiger partial charge in [0.2, 0.25) is 0 Å². The number of allylic oxidation sites excluding steroid dienone is 4. The van der Waals surface area contributed by atoms with Gasteiger partial charge in [0.1, 0.15) is 5.75 Å². The maximum atomic E-state index is 10.2. The van der Waals surface area contributed by atoms with Gasteiger partial charge in [0.25, 0.3) is 0 Å². The highest BCUT2D eigenvalue weighted by Crippen LogP contribution is 2.12. The van der Waals surface area contributed by atoms with Crippen LogP contribution in [0.2, 0.25) is 0 Å². The van der Waals surface area contributed by atoms with Crippen LogP contribution in [0.15, 0.2) is 54.6 Å². The zero-order valence-corrected chi connectivity index (χ0v) is 9.54. The fraction of sp³-hybridized carbons (Fsp3) is 0.0714. The Morgan fingerprint density at radius 1 is 1.12 bits per heavy atom. The lowest BCUT2D eigenvalue weighted by molar-refractivity contribution is -0.131. The van der Waals surface area contributed by atoms with Gasteiger partial charge in [0.15, 0.2) is 0 Å². The third-order valence-corrected chi connectivity index (χ3v) is 1.98. The molecule has 3 nitrogen and oxygen atoms in total. The summed E-state index contributed by atoms with van der Waals surface area (Å²) in [4.78, 5) is 10.2. The average molecular weight is 230 g/mol. The van der Waals surface area contributed by atoms with Gasteiger partial charge in [-0.1, -0.05) is 42.5 Å². The molecule has 0 aliphatic rings. The highest BCUT2D eigenvalue weighted by molar-refractivity contribution is 5.80. The molecule has 1 aromatic carbocycles. The fourth-order valence-electron chi connectivity index (χ4n) is 1.15. The Bertz CT molecular complexity index is 439. The van der Waals surface area contributed by atoms with Gasteiger partial charge < -0.3 is 9.84 Å². The van der Waals surface area contributed by atoms with Crippen molar-refractivity contribution in [3.63, 3.8) is 0 Å². The van der Waals surface area contributed by atoms with Crippen LogP contribution in [-0.2, 0) is 4.79 Å². The van der Waals surface area contributed by atoms with Crippen LogP contribution in [0.25, 0.3) is 6.08 Å². The van der Waals surface area contributed by atoms with Crippen LogP contribution < -0.4 is 4.74 Å². The quantitative estimate of drug-likeness (QED) is 0.625. The van der Waals surface area contributed by atoms with Crippen LogP contribution >= 0.6 is 0 Å². The minimum absolute atomic E-state index is 0.821. The predicted octanol–water partition coefficient (Wildman–Crippen LogP) is 2.91. The third-order valence-electron chi connectivity index (χ3n) is 1.98. The molecule has 1 N–H and O–H groups in total. The Morgan fingerprint density at radius 3 is 2.35 bits per heavy atom. The van der Waals surface area contributed by atoms with Crippen molar-refractivity contribution in [3.05, 3.63) is 60.2 Å². The number of rotatable bonds is 5. The molecular weight excluding hydrogens is 216 g/mol. The summed E-state index contributed by atoms with van der Waals surface area (Å²) in [6, 6.07) is 7.65. The highest BCUT2D eigenvalue weighted by Gasteiger charge is 1.88. The lowest BCUT2D eigenvalue weighted by atomic mass is 10.2. The fourth-order valence-corrected chi connectivity index (χ4v) is 1.15. The van der Waals surface area contributed by atoms with E-state index in [1.165, 1.54) is 6.08 Å². The molecule has 0 aromatic heterocycles. The van der Waals surface area contributed by atoms with E-state index in [9.17, 15) is 4.79 Å². The first-order valence-electron chi connectivity index (χ1n) is 5.11. The van der Waals surface area contributed by atoms with Crippen molar-refractivity contribution < 1.29 is 14.6 Å². The Labute approximate surface area is 100 Å². The Morgan fingerprint density at radius 2 is 1.76 bits per heavy atom. The largest absolute Gasteiger partial charge is 0.497 e. The van der Waals surface area contributed by atoms with E-state index in [1.54, 1.807) is 19.3 Å². The first-order chi connectivity index (χ1) is 8.22. The topological polar surface area (TPSA) is 46.5 Å². The van der Waals surface area contributed by atoms with E-state index in [0.29, 0.717) is 0 Å². The van der Waals surface area contributed by atoms with Gasteiger partial charge in [-0.05, 0) is 17.7 Å². The summed E-state index contributed by atoms with van der Waals surface area (Å²) in [5.41, 5.74) is 1.05. The molecule has 0 aliphatic carbocycles. The highest BCUT2D eigenvalue weighted by atomic mass is 16.5. The number of benzene rings is 1. The maximum absolute atomic E-state index is 10.2. The summed E-state index contributed by atoms with van der Waals surface area (Å²) < 4.78 is 5.05. The summed E-state index contributed by atoms with van der Waals surface area (Å²) in [5.74, 6) is -0.129. The summed E-state index contributed by atoms with van der Waals surface area (Å²) in [6.07, 6.45) is 9.74. The molecule has 0 radical (unpaired) electrons. The molecule has 0 spiro atoms. The molecule has 17 heavy (non-hydrogen) atoms. The van der Waals surface area contributed by atoms with Crippen molar-refractivity contribution in [2.45, 2.75) is 0 Å². The van der Waals surface area contributed by atoms with Crippen molar-refractivity contribution >= 4 is 12.0 Å². The van der Waals surface area contributed by atoms with Gasteiger partial charge in [-0.3, -0.25) is 0 Å². The van der Waals surface area contributed by atoms with Gasteiger partial charge in [0, 0.05) is 6.08 Å². The van der Waals surface area contributed by atoms with Gasteiger partial charge in [-0.25, -0.2) is 4.79 Å². The number of carboxylic acid groups (broad SMARTS) is 1. The van der Waals surface area contributed by atoms with Gasteiger partial charge in [-0.2, -0.15) is 0 Å². The number of hydrogen-bond acceptors (Lipinski definition) is 2. The zero-order valence-electron chi connectivity index (χ0n) is 9.54. The lowest BCUT2D eigenvalue weighted by Crippen LogP contribution is -1.84. The molecule has 0 heterocycles. The summed E-state index contributed by atoms with van der Waals surface area (Å²) in [6.45, 7) is 0. The van der Waals surface area contributed by atoms with Crippen LogP contribution in [0.1, 0.15) is 5.56 Å². The smallest absolute Gasteiger partial charge is 0.328 e. The number of carboxylic acids is 1. The van der Waals surface area contributed by atoms with E-state index < -0.39 is 5.97 Å². The summed E-state index contributed by atoms with van der Waals surface area (Å²) in [7, 11) is 1.63. The monoisotopic (exact) mass is 230 g/mol. The van der Waals surface area contributed by atoms with Gasteiger partial charge in [-0.15, -0.1) is 0 Å². The van der Waals surface area contributed by atoms with E-state index >= 15 is 0 Å². The van der Waals surface area contributed by atoms with Crippen LogP contribution in [0.3, 0.4) is 0 Å². The van der Waals surface area contributed by atoms with Crippen molar-refractivity contribution in [3.8, 4) is 5.75 Å². The Kier molecular flexibility index (Phi) is 5.31. The standard InChI is InChI=1S/C14H14O3/c1-17-13-10-8-12(9-11-13)6-4-2-3-5-7-14(15)16/h2-11H,1H3,(H,15,16)/b3-2+,6-4+,7-5+. The van der Waals surface area contributed by atoms with Crippen molar-refractivity contribution in [1.29, 1.82) is 0 Å². The molecule has 0 saturated heterocycles. The van der Waals surface area contributed by atoms with E-state index in [4.69, 9.17) is 9.84 Å². The maximum Gasteiger partial charge on any atom is 0.328 e. The molecule has 0 unspecified atom stereocenters. The molecule has 3 heteroatoms. The normalized spacial score (nSPS) is 11.6. The molecule has 0 amide bonds. The van der Waals surface area contributed by atoms with E-state index in [0.717, 1.165) is 17.4 Å².